The first kappa shape index (κ1) is 23.3. The molecule has 1 aliphatic carbocycles. The molecule has 2 aliphatic heterocycles. The molecule has 2 aromatic carbocycles. The first-order valence-electron chi connectivity index (χ1n) is 12.5. The largest absolute Gasteiger partial charge is 0.455 e. The average Bonchev–Trinajstić information content (AvgIpc) is 3.34. The minimum Gasteiger partial charge on any atom is -0.455 e. The molecule has 1 saturated carbocycles. The predicted molar refractivity (Wildman–Crippen MR) is 129 cm³/mol. The van der Waals surface area contributed by atoms with E-state index in [4.69, 9.17) is 9.47 Å². The number of benzene rings is 2. The lowest BCUT2D eigenvalue weighted by Gasteiger charge is -2.53. The molecule has 1 unspecified atom stereocenters. The van der Waals surface area contributed by atoms with Gasteiger partial charge in [0.2, 0.25) is 5.91 Å². The van der Waals surface area contributed by atoms with Crippen molar-refractivity contribution in [1.29, 1.82) is 0 Å². The van der Waals surface area contributed by atoms with Crippen molar-refractivity contribution in [1.82, 2.24) is 5.32 Å². The monoisotopic (exact) mass is 465 g/mol. The minimum atomic E-state index is -0.700. The van der Waals surface area contributed by atoms with Crippen molar-refractivity contribution in [2.75, 3.05) is 6.61 Å². The predicted octanol–water partition coefficient (Wildman–Crippen LogP) is 4.09. The van der Waals surface area contributed by atoms with Gasteiger partial charge < -0.3 is 19.9 Å². The van der Waals surface area contributed by atoms with Crippen molar-refractivity contribution in [3.8, 4) is 0 Å². The Kier molecular flexibility index (Phi) is 5.72. The normalized spacial score (nSPS) is 36.5. The summed E-state index contributed by atoms with van der Waals surface area (Å²) in [4.78, 5) is 25.7. The Morgan fingerprint density at radius 1 is 1.18 bits per heavy atom. The zero-order valence-electron chi connectivity index (χ0n) is 20.4. The number of rotatable bonds is 5. The zero-order valence-corrected chi connectivity index (χ0v) is 20.4. The smallest absolute Gasteiger partial charge is 0.338 e. The molecule has 2 N–H and O–H groups in total. The number of hydrogen-bond donors (Lipinski definition) is 2. The second-order valence-corrected chi connectivity index (χ2v) is 11.0. The summed E-state index contributed by atoms with van der Waals surface area (Å²) < 4.78 is 13.3. The zero-order chi connectivity index (χ0) is 24.3. The molecular weight excluding hydrogens is 430 g/mol. The molecule has 7 atom stereocenters. The Bertz CT molecular complexity index is 1110. The summed E-state index contributed by atoms with van der Waals surface area (Å²) in [6.45, 7) is 7.99. The summed E-state index contributed by atoms with van der Waals surface area (Å²) >= 11 is 0. The van der Waals surface area contributed by atoms with Gasteiger partial charge in [0.25, 0.3) is 0 Å². The number of esters is 1. The molecule has 2 aromatic rings. The number of aliphatic hydroxyl groups is 1. The van der Waals surface area contributed by atoms with Crippen LogP contribution in [0.3, 0.4) is 0 Å². The highest BCUT2D eigenvalue weighted by atomic mass is 16.6. The number of hydrogen-bond acceptors (Lipinski definition) is 5. The van der Waals surface area contributed by atoms with E-state index in [0.29, 0.717) is 17.9 Å². The first-order chi connectivity index (χ1) is 16.2. The standard InChI is InChI=1S/C28H35NO5/c1-16(2)28-14-22(29-23(31)15-30)27(4,34-28)21-12-9-17(3)24(21)25(28)33-26(32)20-11-10-18-7-5-6-8-19(18)13-20/h5-8,10-11,13,16-17,21-22,24-25,30H,9,12,14-15H2,1-4H3,(H,29,31)/t17-,21-,22-,24-,25+,27?,28-/m1/s1. The lowest BCUT2D eigenvalue weighted by Crippen LogP contribution is -2.63. The average molecular weight is 466 g/mol. The van der Waals surface area contributed by atoms with Gasteiger partial charge in [-0.3, -0.25) is 4.79 Å². The number of amides is 1. The van der Waals surface area contributed by atoms with E-state index in [1.165, 1.54) is 0 Å². The molecule has 3 fully saturated rings. The number of carbonyl (C=O) groups excluding carboxylic acids is 2. The van der Waals surface area contributed by atoms with Crippen LogP contribution < -0.4 is 5.32 Å². The highest BCUT2D eigenvalue weighted by Gasteiger charge is 2.71. The summed E-state index contributed by atoms with van der Waals surface area (Å²) in [6, 6.07) is 13.4. The molecule has 0 aromatic heterocycles. The number of aliphatic hydroxyl groups excluding tert-OH is 1. The SMILES string of the molecule is CC(C)[C@@]12C[C@@H](NC(=O)CO)C(C)(O1)[C@@H]1CC[C@@H](C)[C@H]1[C@@H]2OC(=O)c1ccc2ccccc2c1. The quantitative estimate of drug-likeness (QED) is 0.650. The molecule has 182 valence electrons. The number of fused-ring (bicyclic) bond motifs is 5. The molecule has 2 bridgehead atoms. The van der Waals surface area contributed by atoms with Gasteiger partial charge in [-0.2, -0.15) is 0 Å². The lowest BCUT2D eigenvalue weighted by atomic mass is 9.69. The Labute approximate surface area is 201 Å². The summed E-state index contributed by atoms with van der Waals surface area (Å²) in [5, 5.41) is 14.5. The van der Waals surface area contributed by atoms with Gasteiger partial charge in [0.1, 0.15) is 18.3 Å². The van der Waals surface area contributed by atoms with Gasteiger partial charge in [-0.25, -0.2) is 4.79 Å². The van der Waals surface area contributed by atoms with Crippen molar-refractivity contribution in [3.63, 3.8) is 0 Å². The van der Waals surface area contributed by atoms with Crippen molar-refractivity contribution in [2.45, 2.75) is 70.3 Å². The van der Waals surface area contributed by atoms with Gasteiger partial charge in [0.05, 0.1) is 17.2 Å². The minimum absolute atomic E-state index is 0.0750. The van der Waals surface area contributed by atoms with E-state index in [-0.39, 0.29) is 29.8 Å². The molecule has 6 nitrogen and oxygen atoms in total. The van der Waals surface area contributed by atoms with Gasteiger partial charge in [0.15, 0.2) is 0 Å². The third-order valence-corrected chi connectivity index (χ3v) is 8.92. The third-order valence-electron chi connectivity index (χ3n) is 8.92. The maximum Gasteiger partial charge on any atom is 0.338 e. The van der Waals surface area contributed by atoms with Crippen LogP contribution in [0, 0.1) is 23.7 Å². The van der Waals surface area contributed by atoms with E-state index >= 15 is 0 Å². The van der Waals surface area contributed by atoms with E-state index in [1.807, 2.05) is 42.5 Å². The molecule has 2 heterocycles. The van der Waals surface area contributed by atoms with Gasteiger partial charge in [-0.1, -0.05) is 51.1 Å². The summed E-state index contributed by atoms with van der Waals surface area (Å²) in [6.07, 6.45) is 2.15. The summed E-state index contributed by atoms with van der Waals surface area (Å²) in [7, 11) is 0. The topological polar surface area (TPSA) is 84.9 Å². The molecule has 6 heteroatoms. The Morgan fingerprint density at radius 2 is 1.91 bits per heavy atom. The maximum atomic E-state index is 13.5. The van der Waals surface area contributed by atoms with Crippen LogP contribution in [0.2, 0.25) is 0 Å². The highest BCUT2D eigenvalue weighted by Crippen LogP contribution is 2.62. The number of carbonyl (C=O) groups is 2. The van der Waals surface area contributed by atoms with E-state index in [1.54, 1.807) is 0 Å². The molecule has 0 spiro atoms. The van der Waals surface area contributed by atoms with Crippen molar-refractivity contribution in [3.05, 3.63) is 48.0 Å². The van der Waals surface area contributed by atoms with Crippen LogP contribution in [0.15, 0.2) is 42.5 Å². The Balaban J connectivity index is 1.52. The maximum absolute atomic E-state index is 13.5. The van der Waals surface area contributed by atoms with E-state index in [2.05, 4.69) is 33.0 Å². The van der Waals surface area contributed by atoms with Crippen LogP contribution >= 0.6 is 0 Å². The fourth-order valence-electron chi connectivity index (χ4n) is 7.07. The number of nitrogens with one attached hydrogen (secondary N) is 1. The summed E-state index contributed by atoms with van der Waals surface area (Å²) in [5.41, 5.74) is -0.721. The molecule has 1 amide bonds. The van der Waals surface area contributed by atoms with Crippen molar-refractivity contribution < 1.29 is 24.2 Å². The lowest BCUT2D eigenvalue weighted by molar-refractivity contribution is -0.252. The summed E-state index contributed by atoms with van der Waals surface area (Å²) in [5.74, 6) is 0.0492. The van der Waals surface area contributed by atoms with Crippen LogP contribution in [0.25, 0.3) is 10.8 Å². The molecule has 2 saturated heterocycles. The van der Waals surface area contributed by atoms with Crippen LogP contribution in [0.4, 0.5) is 0 Å². The van der Waals surface area contributed by atoms with Gasteiger partial charge in [0, 0.05) is 12.3 Å². The molecule has 3 aliphatic rings. The van der Waals surface area contributed by atoms with E-state index < -0.39 is 29.8 Å². The van der Waals surface area contributed by atoms with Crippen LogP contribution in [-0.4, -0.2) is 46.9 Å². The molecular formula is C28H35NO5. The molecule has 0 radical (unpaired) electrons. The van der Waals surface area contributed by atoms with Gasteiger partial charge in [-0.05, 0) is 60.4 Å². The molecule has 34 heavy (non-hydrogen) atoms. The van der Waals surface area contributed by atoms with Crippen LogP contribution in [0.5, 0.6) is 0 Å². The van der Waals surface area contributed by atoms with E-state index in [9.17, 15) is 14.7 Å². The molecule has 5 rings (SSSR count). The second kappa shape index (κ2) is 8.35. The van der Waals surface area contributed by atoms with Gasteiger partial charge in [-0.15, -0.1) is 0 Å². The second-order valence-electron chi connectivity index (χ2n) is 11.0. The van der Waals surface area contributed by atoms with E-state index in [0.717, 1.165) is 23.6 Å². The van der Waals surface area contributed by atoms with Crippen molar-refractivity contribution in [2.24, 2.45) is 23.7 Å². The van der Waals surface area contributed by atoms with Crippen LogP contribution in [0.1, 0.15) is 57.3 Å². The Hall–Kier alpha value is -2.44. The third kappa shape index (κ3) is 3.45. The number of ether oxygens (including phenoxy) is 2. The highest BCUT2D eigenvalue weighted by molar-refractivity contribution is 5.95. The fraction of sp³-hybridized carbons (Fsp3) is 0.571. The van der Waals surface area contributed by atoms with Crippen molar-refractivity contribution >= 4 is 22.6 Å². The first-order valence-corrected chi connectivity index (χ1v) is 12.5. The van der Waals surface area contributed by atoms with Gasteiger partial charge >= 0.3 is 5.97 Å². The Morgan fingerprint density at radius 3 is 2.62 bits per heavy atom. The van der Waals surface area contributed by atoms with Crippen LogP contribution in [-0.2, 0) is 14.3 Å². The fourth-order valence-corrected chi connectivity index (χ4v) is 7.07.